The molecule has 10 nitrogen and oxygen atoms in total. The summed E-state index contributed by atoms with van der Waals surface area (Å²) >= 11 is 0. The summed E-state index contributed by atoms with van der Waals surface area (Å²) < 4.78 is 54.0. The number of alkyl halides is 2. The molecule has 39 heavy (non-hydrogen) atoms. The van der Waals surface area contributed by atoms with E-state index in [-0.39, 0.29) is 23.6 Å². The number of cyclic esters (lactones) is 1. The van der Waals surface area contributed by atoms with Crippen molar-refractivity contribution in [1.82, 2.24) is 10.3 Å². The van der Waals surface area contributed by atoms with E-state index in [1.807, 2.05) is 0 Å². The highest BCUT2D eigenvalue weighted by atomic mass is 19.3. The number of benzene rings is 1. The van der Waals surface area contributed by atoms with E-state index < -0.39 is 61.7 Å². The summed E-state index contributed by atoms with van der Waals surface area (Å²) in [7, 11) is 1.36. The molecule has 0 spiro atoms. The molecule has 0 radical (unpaired) electrons. The average Bonchev–Trinajstić information content (AvgIpc) is 2.94. The number of carbonyl (C=O) groups excluding carboxylic acids is 3. The Kier molecular flexibility index (Phi) is 10.8. The van der Waals surface area contributed by atoms with Crippen molar-refractivity contribution >= 4 is 17.8 Å². The molecule has 0 saturated carbocycles. The van der Waals surface area contributed by atoms with Crippen molar-refractivity contribution in [2.75, 3.05) is 13.9 Å². The first-order valence-electron chi connectivity index (χ1n) is 12.5. The summed E-state index contributed by atoms with van der Waals surface area (Å²) in [4.78, 5) is 41.4. The van der Waals surface area contributed by atoms with Gasteiger partial charge in [0.2, 0.25) is 13.2 Å². The zero-order valence-corrected chi connectivity index (χ0v) is 21.9. The van der Waals surface area contributed by atoms with E-state index in [0.717, 1.165) is 0 Å². The number of esters is 2. The van der Waals surface area contributed by atoms with E-state index >= 15 is 0 Å². The first-order valence-corrected chi connectivity index (χ1v) is 12.5. The second-order valence-corrected chi connectivity index (χ2v) is 8.97. The number of hydrogen-bond donors (Lipinski definition) is 1. The van der Waals surface area contributed by atoms with Crippen molar-refractivity contribution in [1.29, 1.82) is 0 Å². The van der Waals surface area contributed by atoms with Gasteiger partial charge in [0.1, 0.15) is 24.0 Å². The van der Waals surface area contributed by atoms with Gasteiger partial charge in [0.25, 0.3) is 5.91 Å². The molecule has 1 aliphatic rings. The normalized spacial score (nSPS) is 21.5. The summed E-state index contributed by atoms with van der Waals surface area (Å²) in [6.07, 6.45) is -2.56. The molecule has 4 unspecified atom stereocenters. The Morgan fingerprint density at radius 1 is 1.18 bits per heavy atom. The van der Waals surface area contributed by atoms with Crippen LogP contribution in [0.5, 0.6) is 17.2 Å². The molecule has 12 heteroatoms. The third-order valence-electron chi connectivity index (χ3n) is 6.15. The van der Waals surface area contributed by atoms with Crippen LogP contribution >= 0.6 is 0 Å². The van der Waals surface area contributed by atoms with Crippen LogP contribution in [-0.2, 0) is 19.1 Å². The van der Waals surface area contributed by atoms with Crippen LogP contribution in [0.15, 0.2) is 42.6 Å². The predicted molar refractivity (Wildman–Crippen MR) is 134 cm³/mol. The molecular weight excluding hydrogens is 518 g/mol. The fourth-order valence-electron chi connectivity index (χ4n) is 4.33. The summed E-state index contributed by atoms with van der Waals surface area (Å²) in [5.74, 6) is -2.14. The molecule has 1 N–H and O–H groups in total. The molecule has 3 rings (SSSR count). The van der Waals surface area contributed by atoms with Gasteiger partial charge in [0, 0.05) is 31.5 Å². The number of methoxy groups -OCH3 is 1. The van der Waals surface area contributed by atoms with Crippen molar-refractivity contribution in [2.24, 2.45) is 5.92 Å². The number of carbonyl (C=O) groups is 3. The standard InChI is InChI=1S/C27H32F2N2O8/c1-16-24(39-19-9-5-4-6-10-19)18(14-22(28)29)8-7-11-20(27(34)38-16)31-26(33)23-25(37-15-36-17(2)32)21(35-3)12-13-30-23/h4-6,9-10,12-13,16,18,20,22,24H,7-8,11,14-15H2,1-3H3,(H,31,33). The molecule has 1 amide bonds. The lowest BCUT2D eigenvalue weighted by atomic mass is 9.89. The van der Waals surface area contributed by atoms with Gasteiger partial charge in [-0.05, 0) is 31.9 Å². The van der Waals surface area contributed by atoms with E-state index in [1.165, 1.54) is 26.3 Å². The number of halogens is 2. The maximum Gasteiger partial charge on any atom is 0.329 e. The molecule has 1 aromatic heterocycles. The number of nitrogens with zero attached hydrogens (tertiary/aromatic N) is 1. The second kappa shape index (κ2) is 14.3. The van der Waals surface area contributed by atoms with Gasteiger partial charge in [-0.15, -0.1) is 0 Å². The molecule has 1 aliphatic heterocycles. The average molecular weight is 551 g/mol. The number of rotatable bonds is 10. The quantitative estimate of drug-likeness (QED) is 0.346. The molecule has 2 aromatic rings. The van der Waals surface area contributed by atoms with E-state index in [9.17, 15) is 23.2 Å². The van der Waals surface area contributed by atoms with E-state index in [2.05, 4.69) is 10.3 Å². The summed E-state index contributed by atoms with van der Waals surface area (Å²) in [6.45, 7) is 2.29. The Balaban J connectivity index is 1.79. The highest BCUT2D eigenvalue weighted by Gasteiger charge is 2.37. The number of hydrogen-bond acceptors (Lipinski definition) is 9. The maximum atomic E-state index is 13.5. The highest BCUT2D eigenvalue weighted by molar-refractivity contribution is 5.98. The van der Waals surface area contributed by atoms with Crippen LogP contribution < -0.4 is 19.5 Å². The SMILES string of the molecule is COc1ccnc(C(=O)NC2CCCC(CC(F)F)C(Oc3ccccc3)C(C)OC2=O)c1OCOC(C)=O. The van der Waals surface area contributed by atoms with Gasteiger partial charge in [-0.3, -0.25) is 9.59 Å². The fraction of sp³-hybridized carbons (Fsp3) is 0.481. The number of amides is 1. The highest BCUT2D eigenvalue weighted by Crippen LogP contribution is 2.32. The smallest absolute Gasteiger partial charge is 0.329 e. The van der Waals surface area contributed by atoms with Crippen LogP contribution in [0.25, 0.3) is 0 Å². The third-order valence-corrected chi connectivity index (χ3v) is 6.15. The van der Waals surface area contributed by atoms with E-state index in [1.54, 1.807) is 37.3 Å². The van der Waals surface area contributed by atoms with Crippen LogP contribution in [0.2, 0.25) is 0 Å². The topological polar surface area (TPSA) is 122 Å². The lowest BCUT2D eigenvalue weighted by Crippen LogP contribution is -2.45. The predicted octanol–water partition coefficient (Wildman–Crippen LogP) is 3.92. The lowest BCUT2D eigenvalue weighted by Gasteiger charge is -2.31. The molecule has 0 bridgehead atoms. The van der Waals surface area contributed by atoms with Gasteiger partial charge >= 0.3 is 11.9 Å². The first kappa shape index (κ1) is 29.6. The monoisotopic (exact) mass is 550 g/mol. The molecule has 1 fully saturated rings. The summed E-state index contributed by atoms with van der Waals surface area (Å²) in [5.41, 5.74) is -0.205. The van der Waals surface area contributed by atoms with Gasteiger partial charge in [-0.25, -0.2) is 18.6 Å². The Labute approximate surface area is 224 Å². The van der Waals surface area contributed by atoms with Gasteiger partial charge in [0.05, 0.1) is 7.11 Å². The molecule has 2 heterocycles. The molecule has 212 valence electrons. The van der Waals surface area contributed by atoms with Crippen LogP contribution in [0.4, 0.5) is 8.78 Å². The first-order chi connectivity index (χ1) is 18.7. The number of aromatic nitrogens is 1. The number of pyridine rings is 1. The van der Waals surface area contributed by atoms with E-state index in [4.69, 9.17) is 23.7 Å². The summed E-state index contributed by atoms with van der Waals surface area (Å²) in [6, 6.07) is 9.07. The lowest BCUT2D eigenvalue weighted by molar-refractivity contribution is -0.156. The molecule has 4 atom stereocenters. The minimum absolute atomic E-state index is 0.0862. The third kappa shape index (κ3) is 8.52. The van der Waals surface area contributed by atoms with Crippen LogP contribution in [0.1, 0.15) is 50.0 Å². The van der Waals surface area contributed by atoms with Crippen molar-refractivity contribution in [3.8, 4) is 17.2 Å². The van der Waals surface area contributed by atoms with Gasteiger partial charge in [0.15, 0.2) is 17.2 Å². The van der Waals surface area contributed by atoms with Crippen molar-refractivity contribution < 1.29 is 46.8 Å². The Bertz CT molecular complexity index is 1120. The van der Waals surface area contributed by atoms with Gasteiger partial charge in [-0.1, -0.05) is 24.6 Å². The zero-order chi connectivity index (χ0) is 28.4. The number of ether oxygens (including phenoxy) is 5. The molecule has 1 saturated heterocycles. The Morgan fingerprint density at radius 3 is 2.59 bits per heavy atom. The summed E-state index contributed by atoms with van der Waals surface area (Å²) in [5, 5.41) is 2.60. The minimum Gasteiger partial charge on any atom is -0.493 e. The minimum atomic E-state index is -2.57. The zero-order valence-electron chi connectivity index (χ0n) is 21.9. The Hall–Kier alpha value is -3.96. The van der Waals surface area contributed by atoms with Crippen LogP contribution in [-0.4, -0.2) is 61.4 Å². The van der Waals surface area contributed by atoms with Crippen molar-refractivity contribution in [3.05, 3.63) is 48.3 Å². The second-order valence-electron chi connectivity index (χ2n) is 8.97. The number of nitrogens with one attached hydrogen (secondary N) is 1. The van der Waals surface area contributed by atoms with Crippen molar-refractivity contribution in [2.45, 2.75) is 64.2 Å². The maximum absolute atomic E-state index is 13.5. The van der Waals surface area contributed by atoms with Crippen LogP contribution in [0.3, 0.4) is 0 Å². The number of para-hydroxylation sites is 1. The Morgan fingerprint density at radius 2 is 1.92 bits per heavy atom. The van der Waals surface area contributed by atoms with Gasteiger partial charge in [-0.2, -0.15) is 0 Å². The molecular formula is C27H32F2N2O8. The largest absolute Gasteiger partial charge is 0.493 e. The molecule has 0 aliphatic carbocycles. The van der Waals surface area contributed by atoms with Crippen LogP contribution in [0, 0.1) is 5.92 Å². The van der Waals surface area contributed by atoms with Gasteiger partial charge < -0.3 is 29.0 Å². The van der Waals surface area contributed by atoms with E-state index in [0.29, 0.717) is 18.6 Å². The fourth-order valence-corrected chi connectivity index (χ4v) is 4.33. The van der Waals surface area contributed by atoms with Crippen molar-refractivity contribution in [3.63, 3.8) is 0 Å². The molecule has 1 aromatic carbocycles.